The third-order valence-electron chi connectivity index (χ3n) is 3.55. The number of para-hydroxylation sites is 1. The van der Waals surface area contributed by atoms with Gasteiger partial charge < -0.3 is 19.7 Å². The minimum atomic E-state index is -4.73. The zero-order chi connectivity index (χ0) is 19.2. The highest BCUT2D eigenvalue weighted by molar-refractivity contribution is 5.74. The van der Waals surface area contributed by atoms with Gasteiger partial charge in [-0.2, -0.15) is 0 Å². The second kappa shape index (κ2) is 8.46. The van der Waals surface area contributed by atoms with Crippen molar-refractivity contribution in [1.29, 1.82) is 0 Å². The number of benzene rings is 2. The van der Waals surface area contributed by atoms with E-state index in [2.05, 4.69) is 10.1 Å². The molecule has 0 unspecified atom stereocenters. The van der Waals surface area contributed by atoms with Crippen LogP contribution in [0.5, 0.6) is 11.5 Å². The number of carbonyl (C=O) groups is 1. The summed E-state index contributed by atoms with van der Waals surface area (Å²) < 4.78 is 45.5. The fraction of sp³-hybridized carbons (Fsp3) is 0.278. The maximum Gasteiger partial charge on any atom is 0.573 e. The molecule has 0 atom stereocenters. The summed E-state index contributed by atoms with van der Waals surface area (Å²) >= 11 is 0. The Morgan fingerprint density at radius 3 is 2.38 bits per heavy atom. The molecule has 2 aromatic rings. The lowest BCUT2D eigenvalue weighted by molar-refractivity contribution is -0.274. The van der Waals surface area contributed by atoms with Crippen LogP contribution < -0.4 is 14.8 Å². The van der Waals surface area contributed by atoms with Gasteiger partial charge in [0.25, 0.3) is 0 Å². The van der Waals surface area contributed by atoms with Crippen LogP contribution in [0.25, 0.3) is 0 Å². The lowest BCUT2D eigenvalue weighted by Crippen LogP contribution is -2.36. The summed E-state index contributed by atoms with van der Waals surface area (Å²) in [6.07, 6.45) is -4.73. The Hall–Kier alpha value is -2.90. The van der Waals surface area contributed by atoms with Crippen molar-refractivity contribution >= 4 is 6.03 Å². The van der Waals surface area contributed by atoms with Crippen molar-refractivity contribution in [3.05, 3.63) is 59.7 Å². The number of rotatable bonds is 6. The molecule has 2 aromatic carbocycles. The van der Waals surface area contributed by atoms with Crippen molar-refractivity contribution in [1.82, 2.24) is 10.2 Å². The standard InChI is InChI=1S/C18H19F3N2O3/c1-23(12-13-7-9-15(10-8-13)26-18(19,20)21)17(24)22-11-14-5-3-4-6-16(14)25-2/h3-10H,11-12H2,1-2H3,(H,22,24). The molecular weight excluding hydrogens is 349 g/mol. The Morgan fingerprint density at radius 1 is 1.12 bits per heavy atom. The van der Waals surface area contributed by atoms with Crippen LogP contribution >= 0.6 is 0 Å². The molecule has 2 amide bonds. The SMILES string of the molecule is COc1ccccc1CNC(=O)N(C)Cc1ccc(OC(F)(F)F)cc1. The molecule has 0 spiro atoms. The number of nitrogens with zero attached hydrogens (tertiary/aromatic N) is 1. The number of carbonyl (C=O) groups excluding carboxylic acids is 1. The highest BCUT2D eigenvalue weighted by atomic mass is 19.4. The molecule has 0 saturated heterocycles. The molecule has 8 heteroatoms. The van der Waals surface area contributed by atoms with Crippen molar-refractivity contribution in [2.75, 3.05) is 14.2 Å². The Bertz CT molecular complexity index is 733. The van der Waals surface area contributed by atoms with E-state index in [1.807, 2.05) is 18.2 Å². The second-order valence-corrected chi connectivity index (χ2v) is 5.52. The predicted octanol–water partition coefficient (Wildman–Crippen LogP) is 3.94. The molecule has 0 saturated carbocycles. The molecule has 0 heterocycles. The van der Waals surface area contributed by atoms with Crippen molar-refractivity contribution in [2.24, 2.45) is 0 Å². The number of halogens is 3. The number of nitrogens with one attached hydrogen (secondary N) is 1. The van der Waals surface area contributed by atoms with Crippen LogP contribution in [0.15, 0.2) is 48.5 Å². The van der Waals surface area contributed by atoms with Gasteiger partial charge in [0.05, 0.1) is 7.11 Å². The first-order chi connectivity index (χ1) is 12.3. The Balaban J connectivity index is 1.88. The van der Waals surface area contributed by atoms with Crippen LogP contribution in [-0.2, 0) is 13.1 Å². The summed E-state index contributed by atoms with van der Waals surface area (Å²) in [6.45, 7) is 0.537. The van der Waals surface area contributed by atoms with Crippen LogP contribution in [0.3, 0.4) is 0 Å². The number of urea groups is 1. The molecule has 26 heavy (non-hydrogen) atoms. The topological polar surface area (TPSA) is 50.8 Å². The van der Waals surface area contributed by atoms with E-state index in [0.717, 1.165) is 5.56 Å². The first-order valence-corrected chi connectivity index (χ1v) is 7.74. The van der Waals surface area contributed by atoms with Gasteiger partial charge in [0, 0.05) is 25.7 Å². The van der Waals surface area contributed by atoms with Crippen molar-refractivity contribution in [2.45, 2.75) is 19.5 Å². The Morgan fingerprint density at radius 2 is 1.77 bits per heavy atom. The van der Waals surface area contributed by atoms with Gasteiger partial charge in [0.15, 0.2) is 0 Å². The molecule has 5 nitrogen and oxygen atoms in total. The lowest BCUT2D eigenvalue weighted by Gasteiger charge is -2.19. The van der Waals surface area contributed by atoms with Crippen LogP contribution in [0.2, 0.25) is 0 Å². The number of hydrogen-bond acceptors (Lipinski definition) is 3. The van der Waals surface area contributed by atoms with E-state index in [-0.39, 0.29) is 18.3 Å². The third kappa shape index (κ3) is 5.87. The van der Waals surface area contributed by atoms with E-state index in [4.69, 9.17) is 4.74 Å². The van der Waals surface area contributed by atoms with Crippen LogP contribution in [0, 0.1) is 0 Å². The van der Waals surface area contributed by atoms with Crippen LogP contribution in [0.1, 0.15) is 11.1 Å². The maximum absolute atomic E-state index is 12.2. The fourth-order valence-electron chi connectivity index (χ4n) is 2.30. The number of hydrogen-bond donors (Lipinski definition) is 1. The van der Waals surface area contributed by atoms with Crippen molar-refractivity contribution < 1.29 is 27.4 Å². The summed E-state index contributed by atoms with van der Waals surface area (Å²) in [5.74, 6) is 0.375. The van der Waals surface area contributed by atoms with Gasteiger partial charge >= 0.3 is 12.4 Å². The average molecular weight is 368 g/mol. The molecule has 0 radical (unpaired) electrons. The van der Waals surface area contributed by atoms with Crippen LogP contribution in [-0.4, -0.2) is 31.5 Å². The molecule has 0 aromatic heterocycles. The molecule has 1 N–H and O–H groups in total. The van der Waals surface area contributed by atoms with Crippen LogP contribution in [0.4, 0.5) is 18.0 Å². The monoisotopic (exact) mass is 368 g/mol. The zero-order valence-corrected chi connectivity index (χ0v) is 14.3. The molecular formula is C18H19F3N2O3. The van der Waals surface area contributed by atoms with Crippen molar-refractivity contribution in [3.8, 4) is 11.5 Å². The fourth-order valence-corrected chi connectivity index (χ4v) is 2.30. The summed E-state index contributed by atoms with van der Waals surface area (Å²) in [4.78, 5) is 13.6. The molecule has 0 aliphatic heterocycles. The number of alkyl halides is 3. The smallest absolute Gasteiger partial charge is 0.496 e. The second-order valence-electron chi connectivity index (χ2n) is 5.52. The number of amides is 2. The van der Waals surface area contributed by atoms with E-state index in [1.54, 1.807) is 20.2 Å². The van der Waals surface area contributed by atoms with Gasteiger partial charge in [-0.1, -0.05) is 30.3 Å². The van der Waals surface area contributed by atoms with E-state index < -0.39 is 6.36 Å². The minimum Gasteiger partial charge on any atom is -0.496 e. The molecule has 140 valence electrons. The molecule has 0 bridgehead atoms. The third-order valence-corrected chi connectivity index (χ3v) is 3.55. The van der Waals surface area contributed by atoms with Crippen molar-refractivity contribution in [3.63, 3.8) is 0 Å². The van der Waals surface area contributed by atoms with Gasteiger partial charge in [-0.25, -0.2) is 4.79 Å². The number of ether oxygens (including phenoxy) is 2. The number of methoxy groups -OCH3 is 1. The van der Waals surface area contributed by atoms with Gasteiger partial charge in [0.1, 0.15) is 11.5 Å². The van der Waals surface area contributed by atoms with E-state index in [0.29, 0.717) is 17.9 Å². The van der Waals surface area contributed by atoms with Gasteiger partial charge in [-0.15, -0.1) is 13.2 Å². The van der Waals surface area contributed by atoms with Gasteiger partial charge in [-0.3, -0.25) is 0 Å². The first-order valence-electron chi connectivity index (χ1n) is 7.74. The summed E-state index contributed by atoms with van der Waals surface area (Å²) in [7, 11) is 3.15. The summed E-state index contributed by atoms with van der Waals surface area (Å²) in [5.41, 5.74) is 1.51. The van der Waals surface area contributed by atoms with Gasteiger partial charge in [0.2, 0.25) is 0 Å². The molecule has 2 rings (SSSR count). The highest BCUT2D eigenvalue weighted by Crippen LogP contribution is 2.23. The maximum atomic E-state index is 12.2. The minimum absolute atomic E-state index is 0.240. The van der Waals surface area contributed by atoms with E-state index in [9.17, 15) is 18.0 Å². The Kier molecular flexibility index (Phi) is 6.32. The van der Waals surface area contributed by atoms with Gasteiger partial charge in [-0.05, 0) is 23.8 Å². The highest BCUT2D eigenvalue weighted by Gasteiger charge is 2.30. The molecule has 0 fully saturated rings. The molecule has 0 aliphatic rings. The Labute approximate surface area is 149 Å². The van der Waals surface area contributed by atoms with E-state index >= 15 is 0 Å². The largest absolute Gasteiger partial charge is 0.573 e. The first kappa shape index (κ1) is 19.4. The van der Waals surface area contributed by atoms with E-state index in [1.165, 1.54) is 29.2 Å². The zero-order valence-electron chi connectivity index (χ0n) is 14.3. The summed E-state index contributed by atoms with van der Waals surface area (Å²) in [6, 6.07) is 12.4. The summed E-state index contributed by atoms with van der Waals surface area (Å²) in [5, 5.41) is 2.77. The lowest BCUT2D eigenvalue weighted by atomic mass is 10.2. The normalized spacial score (nSPS) is 11.0. The molecule has 0 aliphatic carbocycles. The average Bonchev–Trinajstić information content (AvgIpc) is 2.60. The predicted molar refractivity (Wildman–Crippen MR) is 89.8 cm³/mol. The quantitative estimate of drug-likeness (QED) is 0.840.